The SMILES string of the molecule is CCc1ccc2nc(NCCCC(=O)O)sc2c1. The number of nitrogens with zero attached hydrogens (tertiary/aromatic N) is 1. The Morgan fingerprint density at radius 1 is 1.50 bits per heavy atom. The van der Waals surface area contributed by atoms with Gasteiger partial charge in [0.25, 0.3) is 0 Å². The number of nitrogens with one attached hydrogen (secondary N) is 1. The van der Waals surface area contributed by atoms with E-state index in [4.69, 9.17) is 5.11 Å². The number of rotatable bonds is 6. The van der Waals surface area contributed by atoms with Crippen molar-refractivity contribution in [2.75, 3.05) is 11.9 Å². The Morgan fingerprint density at radius 3 is 3.06 bits per heavy atom. The van der Waals surface area contributed by atoms with Gasteiger partial charge in [-0.3, -0.25) is 4.79 Å². The molecular formula is C13H16N2O2S. The number of aliphatic carboxylic acids is 1. The van der Waals surface area contributed by atoms with Crippen LogP contribution >= 0.6 is 11.3 Å². The average molecular weight is 264 g/mol. The van der Waals surface area contributed by atoms with Gasteiger partial charge in [0.1, 0.15) is 0 Å². The van der Waals surface area contributed by atoms with E-state index >= 15 is 0 Å². The molecule has 0 fully saturated rings. The number of carbonyl (C=O) groups is 1. The van der Waals surface area contributed by atoms with E-state index in [1.54, 1.807) is 11.3 Å². The summed E-state index contributed by atoms with van der Waals surface area (Å²) in [6, 6.07) is 6.29. The van der Waals surface area contributed by atoms with Crippen LogP contribution in [0.15, 0.2) is 18.2 Å². The van der Waals surface area contributed by atoms with Gasteiger partial charge in [-0.2, -0.15) is 0 Å². The van der Waals surface area contributed by atoms with Crippen LogP contribution in [0.4, 0.5) is 5.13 Å². The first-order valence-electron chi connectivity index (χ1n) is 6.04. The molecule has 1 heterocycles. The fraction of sp³-hybridized carbons (Fsp3) is 0.385. The third kappa shape index (κ3) is 3.20. The predicted molar refractivity (Wildman–Crippen MR) is 74.4 cm³/mol. The molecule has 2 N–H and O–H groups in total. The molecule has 1 aromatic heterocycles. The molecule has 0 aliphatic rings. The van der Waals surface area contributed by atoms with Crippen molar-refractivity contribution in [2.24, 2.45) is 0 Å². The van der Waals surface area contributed by atoms with Gasteiger partial charge in [0.15, 0.2) is 5.13 Å². The number of anilines is 1. The summed E-state index contributed by atoms with van der Waals surface area (Å²) < 4.78 is 1.18. The second-order valence-electron chi connectivity index (χ2n) is 4.10. The first-order chi connectivity index (χ1) is 8.69. The molecule has 18 heavy (non-hydrogen) atoms. The molecule has 96 valence electrons. The lowest BCUT2D eigenvalue weighted by Crippen LogP contribution is -2.04. The molecule has 2 rings (SSSR count). The smallest absolute Gasteiger partial charge is 0.303 e. The van der Waals surface area contributed by atoms with Gasteiger partial charge in [-0.05, 0) is 30.5 Å². The van der Waals surface area contributed by atoms with Crippen molar-refractivity contribution >= 4 is 32.7 Å². The van der Waals surface area contributed by atoms with Crippen LogP contribution in [0, 0.1) is 0 Å². The van der Waals surface area contributed by atoms with Crippen LogP contribution in [0.3, 0.4) is 0 Å². The van der Waals surface area contributed by atoms with Crippen molar-refractivity contribution in [1.82, 2.24) is 4.98 Å². The highest BCUT2D eigenvalue weighted by Crippen LogP contribution is 2.26. The summed E-state index contributed by atoms with van der Waals surface area (Å²) in [6.45, 7) is 2.78. The molecule has 4 nitrogen and oxygen atoms in total. The molecule has 0 amide bonds. The van der Waals surface area contributed by atoms with E-state index < -0.39 is 5.97 Å². The quantitative estimate of drug-likeness (QED) is 0.787. The molecule has 0 saturated carbocycles. The second kappa shape index (κ2) is 5.82. The zero-order chi connectivity index (χ0) is 13.0. The lowest BCUT2D eigenvalue weighted by atomic mass is 10.2. The molecule has 0 radical (unpaired) electrons. The lowest BCUT2D eigenvalue weighted by Gasteiger charge is -1.99. The molecule has 0 aliphatic heterocycles. The number of benzene rings is 1. The Balaban J connectivity index is 1.99. The molecule has 0 spiro atoms. The van der Waals surface area contributed by atoms with Crippen LogP contribution in [0.5, 0.6) is 0 Å². The van der Waals surface area contributed by atoms with Crippen LogP contribution < -0.4 is 5.32 Å². The van der Waals surface area contributed by atoms with E-state index in [2.05, 4.69) is 29.4 Å². The monoisotopic (exact) mass is 264 g/mol. The van der Waals surface area contributed by atoms with Gasteiger partial charge >= 0.3 is 5.97 Å². The Kier molecular flexibility index (Phi) is 4.15. The summed E-state index contributed by atoms with van der Waals surface area (Å²) in [5.74, 6) is -0.756. The van der Waals surface area contributed by atoms with Crippen molar-refractivity contribution in [3.63, 3.8) is 0 Å². The molecule has 5 heteroatoms. The van der Waals surface area contributed by atoms with Gasteiger partial charge in [-0.15, -0.1) is 0 Å². The first-order valence-corrected chi connectivity index (χ1v) is 6.86. The zero-order valence-corrected chi connectivity index (χ0v) is 11.1. The van der Waals surface area contributed by atoms with Gasteiger partial charge in [0, 0.05) is 13.0 Å². The Labute approximate surface area is 110 Å². The molecule has 2 aromatic rings. The summed E-state index contributed by atoms with van der Waals surface area (Å²) in [7, 11) is 0. The van der Waals surface area contributed by atoms with E-state index in [0.29, 0.717) is 13.0 Å². The van der Waals surface area contributed by atoms with E-state index in [9.17, 15) is 4.79 Å². The first kappa shape index (κ1) is 12.8. The fourth-order valence-electron chi connectivity index (χ4n) is 1.70. The number of carboxylic acid groups (broad SMARTS) is 1. The predicted octanol–water partition coefficient (Wildman–Crippen LogP) is 3.14. The van der Waals surface area contributed by atoms with E-state index in [1.807, 2.05) is 6.07 Å². The summed E-state index contributed by atoms with van der Waals surface area (Å²) in [5, 5.41) is 12.6. The van der Waals surface area contributed by atoms with E-state index in [-0.39, 0.29) is 6.42 Å². The van der Waals surface area contributed by atoms with Crippen LogP contribution in [0.25, 0.3) is 10.2 Å². The molecule has 0 unspecified atom stereocenters. The third-order valence-electron chi connectivity index (χ3n) is 2.70. The van der Waals surface area contributed by atoms with E-state index in [1.165, 1.54) is 10.3 Å². The van der Waals surface area contributed by atoms with Crippen LogP contribution in [-0.2, 0) is 11.2 Å². The highest BCUT2D eigenvalue weighted by Gasteiger charge is 2.04. The summed E-state index contributed by atoms with van der Waals surface area (Å²) in [5.41, 5.74) is 2.31. The third-order valence-corrected chi connectivity index (χ3v) is 3.68. The molecule has 0 saturated heterocycles. The van der Waals surface area contributed by atoms with Crippen molar-refractivity contribution < 1.29 is 9.90 Å². The molecule has 1 aromatic carbocycles. The number of hydrogen-bond acceptors (Lipinski definition) is 4. The van der Waals surface area contributed by atoms with Crippen molar-refractivity contribution in [3.8, 4) is 0 Å². The minimum atomic E-state index is -0.756. The minimum absolute atomic E-state index is 0.192. The number of hydrogen-bond donors (Lipinski definition) is 2. The molecule has 0 atom stereocenters. The second-order valence-corrected chi connectivity index (χ2v) is 5.13. The lowest BCUT2D eigenvalue weighted by molar-refractivity contribution is -0.137. The summed E-state index contributed by atoms with van der Waals surface area (Å²) in [4.78, 5) is 14.8. The fourth-order valence-corrected chi connectivity index (χ4v) is 2.65. The zero-order valence-electron chi connectivity index (χ0n) is 10.3. The maximum absolute atomic E-state index is 10.4. The average Bonchev–Trinajstić information content (AvgIpc) is 2.75. The van der Waals surface area contributed by atoms with Crippen LogP contribution in [0.1, 0.15) is 25.3 Å². The topological polar surface area (TPSA) is 62.2 Å². The maximum Gasteiger partial charge on any atom is 0.303 e. The minimum Gasteiger partial charge on any atom is -0.481 e. The molecule has 0 bridgehead atoms. The Hall–Kier alpha value is -1.62. The van der Waals surface area contributed by atoms with Crippen molar-refractivity contribution in [3.05, 3.63) is 23.8 Å². The summed E-state index contributed by atoms with van der Waals surface area (Å²) in [6.07, 6.45) is 1.83. The van der Waals surface area contributed by atoms with Crippen LogP contribution in [-0.4, -0.2) is 22.6 Å². The molecular weight excluding hydrogens is 248 g/mol. The maximum atomic E-state index is 10.4. The highest BCUT2D eigenvalue weighted by atomic mass is 32.1. The van der Waals surface area contributed by atoms with Crippen molar-refractivity contribution in [1.29, 1.82) is 0 Å². The van der Waals surface area contributed by atoms with Crippen LogP contribution in [0.2, 0.25) is 0 Å². The number of carboxylic acids is 1. The van der Waals surface area contributed by atoms with Gasteiger partial charge in [-0.1, -0.05) is 24.3 Å². The largest absolute Gasteiger partial charge is 0.481 e. The van der Waals surface area contributed by atoms with Gasteiger partial charge in [0.2, 0.25) is 0 Å². The van der Waals surface area contributed by atoms with Crippen molar-refractivity contribution in [2.45, 2.75) is 26.2 Å². The van der Waals surface area contributed by atoms with Gasteiger partial charge in [-0.25, -0.2) is 4.98 Å². The normalized spacial score (nSPS) is 10.7. The standard InChI is InChI=1S/C13H16N2O2S/c1-2-9-5-6-10-11(8-9)18-13(15-10)14-7-3-4-12(16)17/h5-6,8H,2-4,7H2,1H3,(H,14,15)(H,16,17). The number of thiazole rings is 1. The summed E-state index contributed by atoms with van der Waals surface area (Å²) >= 11 is 1.62. The van der Waals surface area contributed by atoms with Gasteiger partial charge < -0.3 is 10.4 Å². The number of aromatic nitrogens is 1. The van der Waals surface area contributed by atoms with Gasteiger partial charge in [0.05, 0.1) is 10.2 Å². The highest BCUT2D eigenvalue weighted by molar-refractivity contribution is 7.22. The number of aryl methyl sites for hydroxylation is 1. The number of fused-ring (bicyclic) bond motifs is 1. The Morgan fingerprint density at radius 2 is 2.33 bits per heavy atom. The van der Waals surface area contributed by atoms with E-state index in [0.717, 1.165) is 17.1 Å². The molecule has 0 aliphatic carbocycles. The Bertz CT molecular complexity index is 551.